The van der Waals surface area contributed by atoms with Gasteiger partial charge in [-0.3, -0.25) is 4.40 Å². The predicted molar refractivity (Wildman–Crippen MR) is 121 cm³/mol. The first kappa shape index (κ1) is 24.3. The van der Waals surface area contributed by atoms with Gasteiger partial charge in [0, 0.05) is 31.4 Å². The molecule has 2 saturated heterocycles. The lowest BCUT2D eigenvalue weighted by Crippen LogP contribution is -2.63. The third-order valence-corrected chi connectivity index (χ3v) is 8.32. The highest BCUT2D eigenvalue weighted by atomic mass is 32.2. The van der Waals surface area contributed by atoms with E-state index in [0.717, 1.165) is 0 Å². The number of pyridine rings is 1. The number of fused-ring (bicyclic) bond motifs is 1. The number of sulfonamides is 1. The lowest BCUT2D eigenvalue weighted by atomic mass is 10.0. The molecular weight excluding hydrogens is 509 g/mol. The molecule has 0 saturated carbocycles. The van der Waals surface area contributed by atoms with E-state index in [2.05, 4.69) is 30.4 Å². The van der Waals surface area contributed by atoms with Crippen LogP contribution in [-0.2, 0) is 14.8 Å². The van der Waals surface area contributed by atoms with Gasteiger partial charge in [0.1, 0.15) is 17.1 Å². The Hall–Kier alpha value is -2.40. The number of nitrogens with zero attached hydrogens (tertiary/aromatic N) is 6. The second kappa shape index (κ2) is 8.92. The molecule has 190 valence electrons. The Morgan fingerprint density at radius 2 is 1.94 bits per heavy atom. The standard InChI is InChI=1S/C19H23F3N8O3S2/c1-10-4-29(5-11(2)23-10)13-3-12(35(31,32)28-19(7-20)8-33-9-19)6-30-15(13)24-25-16(30)18-27-26-17(34-18)14(21)22/h3,6,10-11,14,23,28H,4-5,7-9H2,1-2H3/t10-,11-/m0/s1. The zero-order chi connectivity index (χ0) is 25.0. The molecule has 0 bridgehead atoms. The van der Waals surface area contributed by atoms with Crippen molar-refractivity contribution in [2.75, 3.05) is 37.9 Å². The predicted octanol–water partition coefficient (Wildman–Crippen LogP) is 1.39. The van der Waals surface area contributed by atoms with Crippen LogP contribution >= 0.6 is 11.3 Å². The molecule has 11 nitrogen and oxygen atoms in total. The molecule has 2 N–H and O–H groups in total. The molecule has 2 aliphatic rings. The van der Waals surface area contributed by atoms with Crippen LogP contribution in [0.1, 0.15) is 25.3 Å². The Labute approximate surface area is 202 Å². The fraction of sp³-hybridized carbons (Fsp3) is 0.579. The molecular formula is C19H23F3N8O3S2. The van der Waals surface area contributed by atoms with Gasteiger partial charge in [0.2, 0.25) is 10.0 Å². The van der Waals surface area contributed by atoms with E-state index in [-0.39, 0.29) is 41.0 Å². The molecule has 0 aliphatic carbocycles. The van der Waals surface area contributed by atoms with Crippen LogP contribution < -0.4 is 14.9 Å². The Morgan fingerprint density at radius 1 is 1.23 bits per heavy atom. The third-order valence-electron chi connectivity index (χ3n) is 5.85. The fourth-order valence-electron chi connectivity index (χ4n) is 4.27. The second-order valence-electron chi connectivity index (χ2n) is 8.91. The SMILES string of the molecule is C[C@H]1CN(c2cc(S(=O)(=O)NC3(CF)COC3)cn3c(-c4nnc(C(F)F)s4)nnc23)C[C@H](C)N1. The quantitative estimate of drug-likeness (QED) is 0.464. The van der Waals surface area contributed by atoms with Crippen LogP contribution in [0.4, 0.5) is 18.9 Å². The van der Waals surface area contributed by atoms with Gasteiger partial charge in [-0.25, -0.2) is 21.6 Å². The minimum atomic E-state index is -4.20. The summed E-state index contributed by atoms with van der Waals surface area (Å²) in [6.07, 6.45) is -1.53. The van der Waals surface area contributed by atoms with Gasteiger partial charge >= 0.3 is 0 Å². The number of aromatic nitrogens is 5. The van der Waals surface area contributed by atoms with Gasteiger partial charge < -0.3 is 15.0 Å². The van der Waals surface area contributed by atoms with E-state index in [1.54, 1.807) is 0 Å². The summed E-state index contributed by atoms with van der Waals surface area (Å²) < 4.78 is 75.3. The van der Waals surface area contributed by atoms with E-state index in [1.165, 1.54) is 16.7 Å². The molecule has 2 aliphatic heterocycles. The molecule has 0 spiro atoms. The van der Waals surface area contributed by atoms with Gasteiger partial charge in [0.25, 0.3) is 6.43 Å². The summed E-state index contributed by atoms with van der Waals surface area (Å²) in [6, 6.07) is 1.69. The molecule has 16 heteroatoms. The summed E-state index contributed by atoms with van der Waals surface area (Å²) in [5, 5.41) is 18.6. The second-order valence-corrected chi connectivity index (χ2v) is 11.6. The topological polar surface area (TPSA) is 127 Å². The number of halogens is 3. The van der Waals surface area contributed by atoms with Crippen molar-refractivity contribution in [3.8, 4) is 10.8 Å². The van der Waals surface area contributed by atoms with Gasteiger partial charge in [-0.15, -0.1) is 20.4 Å². The first-order chi connectivity index (χ1) is 16.6. The van der Waals surface area contributed by atoms with E-state index in [1.807, 2.05) is 18.7 Å². The average molecular weight is 533 g/mol. The molecule has 2 atom stereocenters. The summed E-state index contributed by atoms with van der Waals surface area (Å²) in [5.74, 6) is 0.0751. The maximum Gasteiger partial charge on any atom is 0.291 e. The summed E-state index contributed by atoms with van der Waals surface area (Å²) >= 11 is 0.645. The molecule has 2 fully saturated rings. The van der Waals surface area contributed by atoms with Gasteiger partial charge in [0.05, 0.1) is 18.9 Å². The summed E-state index contributed by atoms with van der Waals surface area (Å²) in [4.78, 5) is 1.83. The third kappa shape index (κ3) is 4.48. The monoisotopic (exact) mass is 532 g/mol. The number of piperazine rings is 1. The number of ether oxygens (including phenoxy) is 1. The van der Waals surface area contributed by atoms with Crippen LogP contribution in [0.15, 0.2) is 17.2 Å². The van der Waals surface area contributed by atoms with Crippen molar-refractivity contribution >= 4 is 32.7 Å². The number of anilines is 1. The highest BCUT2D eigenvalue weighted by Crippen LogP contribution is 2.33. The number of hydrogen-bond donors (Lipinski definition) is 2. The zero-order valence-corrected chi connectivity index (χ0v) is 20.4. The van der Waals surface area contributed by atoms with Crippen molar-refractivity contribution in [3.63, 3.8) is 0 Å². The Morgan fingerprint density at radius 3 is 2.51 bits per heavy atom. The van der Waals surface area contributed by atoms with Crippen LogP contribution in [0.2, 0.25) is 0 Å². The van der Waals surface area contributed by atoms with Gasteiger partial charge in [-0.1, -0.05) is 11.3 Å². The van der Waals surface area contributed by atoms with Gasteiger partial charge in [-0.2, -0.15) is 4.72 Å². The summed E-state index contributed by atoms with van der Waals surface area (Å²) in [7, 11) is -4.20. The highest BCUT2D eigenvalue weighted by Gasteiger charge is 2.43. The molecule has 0 amide bonds. The average Bonchev–Trinajstić information content (AvgIpc) is 3.42. The molecule has 3 aromatic rings. The summed E-state index contributed by atoms with van der Waals surface area (Å²) in [5.41, 5.74) is -0.501. The number of rotatable bonds is 7. The van der Waals surface area contributed by atoms with Crippen LogP contribution in [0, 0.1) is 0 Å². The molecule has 0 radical (unpaired) electrons. The molecule has 0 unspecified atom stereocenters. The molecule has 35 heavy (non-hydrogen) atoms. The van der Waals surface area contributed by atoms with Crippen LogP contribution in [-0.4, -0.2) is 83.8 Å². The van der Waals surface area contributed by atoms with Crippen LogP contribution in [0.3, 0.4) is 0 Å². The number of alkyl halides is 3. The molecule has 5 heterocycles. The van der Waals surface area contributed by atoms with Crippen molar-refractivity contribution in [2.45, 2.75) is 42.8 Å². The van der Waals surface area contributed by atoms with Crippen LogP contribution in [0.5, 0.6) is 0 Å². The first-order valence-corrected chi connectivity index (χ1v) is 13.1. The van der Waals surface area contributed by atoms with Crippen molar-refractivity contribution < 1.29 is 26.3 Å². The smallest absolute Gasteiger partial charge is 0.291 e. The molecule has 0 aromatic carbocycles. The largest absolute Gasteiger partial charge is 0.377 e. The van der Waals surface area contributed by atoms with Crippen molar-refractivity contribution in [1.29, 1.82) is 0 Å². The number of hydrogen-bond acceptors (Lipinski definition) is 10. The normalized spacial score (nSPS) is 22.6. The fourth-order valence-corrected chi connectivity index (χ4v) is 6.32. The van der Waals surface area contributed by atoms with E-state index in [0.29, 0.717) is 35.8 Å². The minimum Gasteiger partial charge on any atom is -0.377 e. The van der Waals surface area contributed by atoms with Crippen LogP contribution in [0.25, 0.3) is 16.5 Å². The van der Waals surface area contributed by atoms with Crippen molar-refractivity contribution in [1.82, 2.24) is 34.8 Å². The first-order valence-electron chi connectivity index (χ1n) is 10.8. The Kier molecular flexibility index (Phi) is 6.19. The molecule has 5 rings (SSSR count). The van der Waals surface area contributed by atoms with Crippen molar-refractivity contribution in [3.05, 3.63) is 17.3 Å². The van der Waals surface area contributed by atoms with Crippen molar-refractivity contribution in [2.24, 2.45) is 0 Å². The lowest BCUT2D eigenvalue weighted by molar-refractivity contribution is -0.0725. The van der Waals surface area contributed by atoms with Gasteiger partial charge in [0.15, 0.2) is 21.5 Å². The lowest BCUT2D eigenvalue weighted by Gasteiger charge is -2.39. The summed E-state index contributed by atoms with van der Waals surface area (Å²) in [6.45, 7) is 4.06. The van der Waals surface area contributed by atoms with E-state index in [9.17, 15) is 21.6 Å². The van der Waals surface area contributed by atoms with E-state index < -0.39 is 33.7 Å². The number of nitrogens with one attached hydrogen (secondary N) is 2. The van der Waals surface area contributed by atoms with E-state index >= 15 is 0 Å². The maximum absolute atomic E-state index is 13.6. The minimum absolute atomic E-state index is 0.0657. The van der Waals surface area contributed by atoms with Gasteiger partial charge in [-0.05, 0) is 19.9 Å². The highest BCUT2D eigenvalue weighted by molar-refractivity contribution is 7.89. The van der Waals surface area contributed by atoms with E-state index in [4.69, 9.17) is 4.74 Å². The Balaban J connectivity index is 1.65. The Bertz CT molecular complexity index is 1330. The zero-order valence-electron chi connectivity index (χ0n) is 18.8. The molecule has 3 aromatic heterocycles. The maximum atomic E-state index is 13.6.